The SMILES string of the molecule is NC(=O)c1cc(Cn2cc(-c3c(-c4ccc(Cl)cc4)nc4cc(F)ccn34)nn2)ccc1Cl. The molecule has 0 aliphatic heterocycles. The van der Waals surface area contributed by atoms with Crippen LogP contribution in [0.2, 0.25) is 10.0 Å². The summed E-state index contributed by atoms with van der Waals surface area (Å²) in [5.41, 5.74) is 9.47. The zero-order valence-corrected chi connectivity index (χ0v) is 18.4. The van der Waals surface area contributed by atoms with Crippen LogP contribution < -0.4 is 5.73 Å². The lowest BCUT2D eigenvalue weighted by Crippen LogP contribution is -2.12. The van der Waals surface area contributed by atoms with E-state index in [0.717, 1.165) is 11.1 Å². The van der Waals surface area contributed by atoms with Gasteiger partial charge in [-0.1, -0.05) is 46.6 Å². The monoisotopic (exact) mass is 480 g/mol. The lowest BCUT2D eigenvalue weighted by Gasteiger charge is -2.05. The second-order valence-corrected chi connectivity index (χ2v) is 8.21. The molecule has 2 aromatic carbocycles. The summed E-state index contributed by atoms with van der Waals surface area (Å²) in [5.74, 6) is -0.995. The molecule has 0 radical (unpaired) electrons. The van der Waals surface area contributed by atoms with Gasteiger partial charge in [-0.25, -0.2) is 14.1 Å². The van der Waals surface area contributed by atoms with Crippen LogP contribution in [0.3, 0.4) is 0 Å². The predicted molar refractivity (Wildman–Crippen MR) is 124 cm³/mol. The average molecular weight is 481 g/mol. The number of nitrogens with two attached hydrogens (primary N) is 1. The first-order valence-corrected chi connectivity index (χ1v) is 10.6. The summed E-state index contributed by atoms with van der Waals surface area (Å²) >= 11 is 12.1. The average Bonchev–Trinajstić information content (AvgIpc) is 3.39. The second-order valence-electron chi connectivity index (χ2n) is 7.37. The van der Waals surface area contributed by atoms with Crippen LogP contribution in [0.25, 0.3) is 28.3 Å². The van der Waals surface area contributed by atoms with Gasteiger partial charge in [0.1, 0.15) is 22.9 Å². The molecule has 5 rings (SSSR count). The van der Waals surface area contributed by atoms with Crippen LogP contribution in [0, 0.1) is 5.82 Å². The Balaban J connectivity index is 1.58. The number of benzene rings is 2. The molecular formula is C23H15Cl2FN6O. The molecule has 0 atom stereocenters. The number of carbonyl (C=O) groups is 1. The number of hydrogen-bond acceptors (Lipinski definition) is 4. The standard InChI is InChI=1S/C23H15Cl2FN6O/c24-15-4-2-14(3-5-15)21-22(32-8-7-16(26)10-20(32)28-21)19-12-31(30-29-19)11-13-1-6-18(25)17(9-13)23(27)33/h1-10,12H,11H2,(H2,27,33). The van der Waals surface area contributed by atoms with E-state index in [9.17, 15) is 9.18 Å². The fourth-order valence-electron chi connectivity index (χ4n) is 3.60. The molecule has 33 heavy (non-hydrogen) atoms. The number of aromatic nitrogens is 5. The third kappa shape index (κ3) is 4.06. The third-order valence-corrected chi connectivity index (χ3v) is 5.71. The minimum atomic E-state index is -0.605. The van der Waals surface area contributed by atoms with Gasteiger partial charge in [0.2, 0.25) is 5.91 Å². The smallest absolute Gasteiger partial charge is 0.250 e. The van der Waals surface area contributed by atoms with Crippen LogP contribution >= 0.6 is 23.2 Å². The summed E-state index contributed by atoms with van der Waals surface area (Å²) in [5, 5.41) is 9.42. The predicted octanol–water partition coefficient (Wildman–Crippen LogP) is 4.85. The molecule has 3 heterocycles. The maximum absolute atomic E-state index is 13.9. The highest BCUT2D eigenvalue weighted by Crippen LogP contribution is 2.32. The van der Waals surface area contributed by atoms with E-state index in [1.807, 2.05) is 12.1 Å². The Kier molecular flexibility index (Phi) is 5.32. The van der Waals surface area contributed by atoms with Gasteiger partial charge in [0.15, 0.2) is 0 Å². The number of hydrogen-bond donors (Lipinski definition) is 1. The van der Waals surface area contributed by atoms with Crippen molar-refractivity contribution in [3.8, 4) is 22.6 Å². The summed E-state index contributed by atoms with van der Waals surface area (Å²) in [6, 6.07) is 14.9. The van der Waals surface area contributed by atoms with E-state index in [4.69, 9.17) is 28.9 Å². The van der Waals surface area contributed by atoms with E-state index in [2.05, 4.69) is 15.3 Å². The Labute approximate surface area is 197 Å². The van der Waals surface area contributed by atoms with Crippen molar-refractivity contribution in [2.75, 3.05) is 0 Å². The number of imidazole rings is 1. The molecule has 0 spiro atoms. The van der Waals surface area contributed by atoms with Gasteiger partial charge in [-0.3, -0.25) is 9.20 Å². The third-order valence-electron chi connectivity index (χ3n) is 5.13. The van der Waals surface area contributed by atoms with E-state index in [1.54, 1.807) is 51.8 Å². The van der Waals surface area contributed by atoms with Crippen LogP contribution in [-0.4, -0.2) is 30.3 Å². The Morgan fingerprint density at radius 1 is 1.06 bits per heavy atom. The van der Waals surface area contributed by atoms with E-state index >= 15 is 0 Å². The molecule has 5 aromatic rings. The van der Waals surface area contributed by atoms with Crippen molar-refractivity contribution in [3.05, 3.63) is 94.0 Å². The number of fused-ring (bicyclic) bond motifs is 1. The van der Waals surface area contributed by atoms with E-state index in [1.165, 1.54) is 12.1 Å². The van der Waals surface area contributed by atoms with Gasteiger partial charge < -0.3 is 5.73 Å². The largest absolute Gasteiger partial charge is 0.366 e. The van der Waals surface area contributed by atoms with Gasteiger partial charge in [0, 0.05) is 22.8 Å². The van der Waals surface area contributed by atoms with Crippen LogP contribution in [0.4, 0.5) is 4.39 Å². The highest BCUT2D eigenvalue weighted by atomic mass is 35.5. The molecule has 0 saturated carbocycles. The molecule has 0 bridgehead atoms. The Bertz CT molecular complexity index is 1510. The zero-order valence-electron chi connectivity index (χ0n) is 16.9. The highest BCUT2D eigenvalue weighted by Gasteiger charge is 2.19. The summed E-state index contributed by atoms with van der Waals surface area (Å²) < 4.78 is 17.2. The molecule has 1 amide bonds. The Hall–Kier alpha value is -3.75. The number of pyridine rings is 1. The molecule has 0 fully saturated rings. The summed E-state index contributed by atoms with van der Waals surface area (Å²) in [7, 11) is 0. The minimum absolute atomic E-state index is 0.239. The quantitative estimate of drug-likeness (QED) is 0.389. The Morgan fingerprint density at radius 3 is 2.61 bits per heavy atom. The number of nitrogens with zero attached hydrogens (tertiary/aromatic N) is 5. The summed E-state index contributed by atoms with van der Waals surface area (Å²) in [4.78, 5) is 16.2. The van der Waals surface area contributed by atoms with Gasteiger partial charge in [0.25, 0.3) is 0 Å². The molecule has 164 valence electrons. The molecule has 0 unspecified atom stereocenters. The van der Waals surface area contributed by atoms with Crippen molar-refractivity contribution >= 4 is 34.8 Å². The van der Waals surface area contributed by atoms with E-state index < -0.39 is 11.7 Å². The number of halogens is 3. The number of amides is 1. The minimum Gasteiger partial charge on any atom is -0.366 e. The molecule has 0 saturated heterocycles. The van der Waals surface area contributed by atoms with Crippen molar-refractivity contribution < 1.29 is 9.18 Å². The lowest BCUT2D eigenvalue weighted by atomic mass is 10.1. The molecule has 3 aromatic heterocycles. The molecule has 0 aliphatic rings. The van der Waals surface area contributed by atoms with Crippen molar-refractivity contribution in [1.82, 2.24) is 24.4 Å². The maximum atomic E-state index is 13.9. The number of carbonyl (C=O) groups excluding carboxylic acids is 1. The van der Waals surface area contributed by atoms with Crippen molar-refractivity contribution in [1.29, 1.82) is 0 Å². The number of rotatable bonds is 5. The topological polar surface area (TPSA) is 91.1 Å². The highest BCUT2D eigenvalue weighted by molar-refractivity contribution is 6.33. The van der Waals surface area contributed by atoms with Crippen LogP contribution in [0.5, 0.6) is 0 Å². The number of primary amides is 1. The normalized spacial score (nSPS) is 11.2. The first-order chi connectivity index (χ1) is 15.9. The molecule has 0 aliphatic carbocycles. The van der Waals surface area contributed by atoms with Crippen LogP contribution in [0.15, 0.2) is 67.0 Å². The van der Waals surface area contributed by atoms with Crippen molar-refractivity contribution in [2.24, 2.45) is 5.73 Å². The molecule has 10 heteroatoms. The second kappa shape index (κ2) is 8.31. The van der Waals surface area contributed by atoms with Crippen LogP contribution in [-0.2, 0) is 6.54 Å². The first-order valence-electron chi connectivity index (χ1n) is 9.81. The molecule has 7 nitrogen and oxygen atoms in total. The van der Waals surface area contributed by atoms with Crippen molar-refractivity contribution in [3.63, 3.8) is 0 Å². The fourth-order valence-corrected chi connectivity index (χ4v) is 3.94. The molecule has 2 N–H and O–H groups in total. The first kappa shape index (κ1) is 21.1. The van der Waals surface area contributed by atoms with Gasteiger partial charge >= 0.3 is 0 Å². The van der Waals surface area contributed by atoms with Crippen molar-refractivity contribution in [2.45, 2.75) is 6.54 Å². The summed E-state index contributed by atoms with van der Waals surface area (Å²) in [6.45, 7) is 0.339. The molecular weight excluding hydrogens is 466 g/mol. The van der Waals surface area contributed by atoms with Gasteiger partial charge in [-0.2, -0.15) is 0 Å². The maximum Gasteiger partial charge on any atom is 0.250 e. The fraction of sp³-hybridized carbons (Fsp3) is 0.0435. The summed E-state index contributed by atoms with van der Waals surface area (Å²) in [6.07, 6.45) is 3.36. The zero-order chi connectivity index (χ0) is 23.1. The van der Waals surface area contributed by atoms with Crippen LogP contribution in [0.1, 0.15) is 15.9 Å². The van der Waals surface area contributed by atoms with Gasteiger partial charge in [0.05, 0.1) is 29.0 Å². The Morgan fingerprint density at radius 2 is 1.85 bits per heavy atom. The van der Waals surface area contributed by atoms with E-state index in [-0.39, 0.29) is 10.6 Å². The van der Waals surface area contributed by atoms with E-state index in [0.29, 0.717) is 34.3 Å². The van der Waals surface area contributed by atoms with Gasteiger partial charge in [-0.05, 0) is 35.9 Å². The van der Waals surface area contributed by atoms with Gasteiger partial charge in [-0.15, -0.1) is 5.10 Å². The lowest BCUT2D eigenvalue weighted by molar-refractivity contribution is 0.100.